The Bertz CT molecular complexity index is 471. The first-order chi connectivity index (χ1) is 9.63. The average Bonchev–Trinajstić information content (AvgIpc) is 2.77. The Hall–Kier alpha value is -1.08. The van der Waals surface area contributed by atoms with Crippen LogP contribution < -0.4 is 5.32 Å². The fourth-order valence-corrected chi connectivity index (χ4v) is 3.74. The molecule has 1 N–H and O–H groups in total. The lowest BCUT2D eigenvalue weighted by Gasteiger charge is -2.42. The first-order valence-corrected chi connectivity index (χ1v) is 8.15. The van der Waals surface area contributed by atoms with Gasteiger partial charge >= 0.3 is 0 Å². The normalized spacial score (nSPS) is 29.3. The molecule has 0 saturated heterocycles. The van der Waals surface area contributed by atoms with Crippen LogP contribution in [-0.2, 0) is 6.42 Å². The van der Waals surface area contributed by atoms with Crippen molar-refractivity contribution in [1.29, 1.82) is 0 Å². The smallest absolute Gasteiger partial charge is 0.0294 e. The minimum Gasteiger partial charge on any atom is -0.307 e. The summed E-state index contributed by atoms with van der Waals surface area (Å²) in [6, 6.07) is 10.4. The zero-order chi connectivity index (χ0) is 14.1. The summed E-state index contributed by atoms with van der Waals surface area (Å²) in [7, 11) is 0. The summed E-state index contributed by atoms with van der Waals surface area (Å²) in [5.74, 6) is 2.48. The highest BCUT2D eigenvalue weighted by Gasteiger charge is 2.41. The second-order valence-corrected chi connectivity index (χ2v) is 7.07. The van der Waals surface area contributed by atoms with Gasteiger partial charge in [-0.05, 0) is 55.1 Å². The molecule has 0 bridgehead atoms. The lowest BCUT2D eigenvalue weighted by molar-refractivity contribution is 0.152. The number of fused-ring (bicyclic) bond motifs is 1. The molecule has 3 rings (SSSR count). The van der Waals surface area contributed by atoms with Gasteiger partial charge in [0, 0.05) is 12.1 Å². The van der Waals surface area contributed by atoms with Gasteiger partial charge in [0.05, 0.1) is 0 Å². The van der Waals surface area contributed by atoms with Crippen LogP contribution in [-0.4, -0.2) is 6.04 Å². The van der Waals surface area contributed by atoms with Crippen molar-refractivity contribution >= 4 is 0 Å². The number of hydrogen-bond acceptors (Lipinski definition) is 1. The van der Waals surface area contributed by atoms with Gasteiger partial charge in [0.15, 0.2) is 0 Å². The minimum atomic E-state index is 0.461. The second kappa shape index (κ2) is 5.73. The maximum Gasteiger partial charge on any atom is 0.0294 e. The molecule has 2 aliphatic rings. The second-order valence-electron chi connectivity index (χ2n) is 7.07. The standard InChI is InChI=1S/C19H27N/c1-13(2)11-15-7-9-16(10-8-15)14(3)20-19-12-17-5-4-6-18(17)19/h4,6-10,13-14,17-20H,5,11-12H2,1-3H3. The molecule has 1 aromatic carbocycles. The molecule has 0 aliphatic heterocycles. The Morgan fingerprint density at radius 3 is 2.55 bits per heavy atom. The van der Waals surface area contributed by atoms with Crippen molar-refractivity contribution in [2.75, 3.05) is 0 Å². The zero-order valence-corrected chi connectivity index (χ0v) is 13.0. The number of allylic oxidation sites excluding steroid dienone is 1. The van der Waals surface area contributed by atoms with E-state index in [4.69, 9.17) is 0 Å². The quantitative estimate of drug-likeness (QED) is 0.776. The summed E-state index contributed by atoms with van der Waals surface area (Å²) >= 11 is 0. The van der Waals surface area contributed by atoms with E-state index in [1.165, 1.54) is 30.4 Å². The van der Waals surface area contributed by atoms with Crippen molar-refractivity contribution in [3.05, 3.63) is 47.5 Å². The van der Waals surface area contributed by atoms with Gasteiger partial charge in [0.25, 0.3) is 0 Å². The molecule has 20 heavy (non-hydrogen) atoms. The third-order valence-corrected chi connectivity index (χ3v) is 4.95. The van der Waals surface area contributed by atoms with Crippen molar-refractivity contribution in [3.63, 3.8) is 0 Å². The Labute approximate surface area is 123 Å². The van der Waals surface area contributed by atoms with Crippen molar-refractivity contribution in [3.8, 4) is 0 Å². The molecule has 108 valence electrons. The highest BCUT2D eigenvalue weighted by Crippen LogP contribution is 2.43. The fourth-order valence-electron chi connectivity index (χ4n) is 3.74. The van der Waals surface area contributed by atoms with Crippen LogP contribution in [0.2, 0.25) is 0 Å². The predicted molar refractivity (Wildman–Crippen MR) is 85.7 cm³/mol. The molecule has 0 radical (unpaired) electrons. The highest BCUT2D eigenvalue weighted by atomic mass is 15.0. The van der Waals surface area contributed by atoms with E-state index < -0.39 is 0 Å². The van der Waals surface area contributed by atoms with E-state index >= 15 is 0 Å². The van der Waals surface area contributed by atoms with E-state index in [1.807, 2.05) is 0 Å². The number of rotatable bonds is 5. The van der Waals surface area contributed by atoms with Crippen LogP contribution in [0.15, 0.2) is 36.4 Å². The average molecular weight is 269 g/mol. The first kappa shape index (κ1) is 13.9. The molecule has 0 spiro atoms. The van der Waals surface area contributed by atoms with Crippen molar-refractivity contribution < 1.29 is 0 Å². The molecule has 2 aliphatic carbocycles. The lowest BCUT2D eigenvalue weighted by Crippen LogP contribution is -2.48. The largest absolute Gasteiger partial charge is 0.307 e. The molecule has 1 nitrogen and oxygen atoms in total. The molecule has 4 unspecified atom stereocenters. The monoisotopic (exact) mass is 269 g/mol. The van der Waals surface area contributed by atoms with Crippen LogP contribution >= 0.6 is 0 Å². The summed E-state index contributed by atoms with van der Waals surface area (Å²) in [6.07, 6.45) is 8.63. The summed E-state index contributed by atoms with van der Waals surface area (Å²) in [5, 5.41) is 3.81. The molecule has 1 saturated carbocycles. The Morgan fingerprint density at radius 1 is 1.15 bits per heavy atom. The van der Waals surface area contributed by atoms with Gasteiger partial charge in [0.1, 0.15) is 0 Å². The summed E-state index contributed by atoms with van der Waals surface area (Å²) in [6.45, 7) is 6.85. The topological polar surface area (TPSA) is 12.0 Å². The Kier molecular flexibility index (Phi) is 3.98. The molecule has 1 fully saturated rings. The molecule has 0 heterocycles. The fraction of sp³-hybridized carbons (Fsp3) is 0.579. The SMILES string of the molecule is CC(C)Cc1ccc(C(C)NC2CC3CC=CC32)cc1. The molecule has 1 aromatic rings. The van der Waals surface area contributed by atoms with Crippen LogP contribution in [0.3, 0.4) is 0 Å². The van der Waals surface area contributed by atoms with Gasteiger partial charge < -0.3 is 5.32 Å². The lowest BCUT2D eigenvalue weighted by atomic mass is 9.71. The van der Waals surface area contributed by atoms with E-state index in [2.05, 4.69) is 62.5 Å². The van der Waals surface area contributed by atoms with Crippen molar-refractivity contribution in [2.24, 2.45) is 17.8 Å². The van der Waals surface area contributed by atoms with E-state index in [0.717, 1.165) is 17.8 Å². The molecule has 0 amide bonds. The van der Waals surface area contributed by atoms with Crippen LogP contribution in [0.25, 0.3) is 0 Å². The molecule has 0 aromatic heterocycles. The van der Waals surface area contributed by atoms with Gasteiger partial charge in [-0.2, -0.15) is 0 Å². The van der Waals surface area contributed by atoms with Crippen molar-refractivity contribution in [1.82, 2.24) is 5.32 Å². The third kappa shape index (κ3) is 2.83. The molecular formula is C19H27N. The maximum absolute atomic E-state index is 3.81. The van der Waals surface area contributed by atoms with Crippen LogP contribution in [0.4, 0.5) is 0 Å². The van der Waals surface area contributed by atoms with E-state index in [9.17, 15) is 0 Å². The maximum atomic E-state index is 3.81. The Balaban J connectivity index is 1.57. The van der Waals surface area contributed by atoms with Gasteiger partial charge in [-0.1, -0.05) is 50.3 Å². The van der Waals surface area contributed by atoms with Crippen LogP contribution in [0, 0.1) is 17.8 Å². The van der Waals surface area contributed by atoms with Crippen LogP contribution in [0.5, 0.6) is 0 Å². The Morgan fingerprint density at radius 2 is 1.90 bits per heavy atom. The third-order valence-electron chi connectivity index (χ3n) is 4.95. The van der Waals surface area contributed by atoms with E-state index in [-0.39, 0.29) is 0 Å². The first-order valence-electron chi connectivity index (χ1n) is 8.15. The van der Waals surface area contributed by atoms with E-state index in [1.54, 1.807) is 0 Å². The minimum absolute atomic E-state index is 0.461. The van der Waals surface area contributed by atoms with Gasteiger partial charge in [0.2, 0.25) is 0 Å². The predicted octanol–water partition coefficient (Wildman–Crippen LogP) is 4.50. The number of nitrogens with one attached hydrogen (secondary N) is 1. The molecule has 4 atom stereocenters. The zero-order valence-electron chi connectivity index (χ0n) is 13.0. The van der Waals surface area contributed by atoms with Gasteiger partial charge in [-0.25, -0.2) is 0 Å². The summed E-state index contributed by atoms with van der Waals surface area (Å²) in [4.78, 5) is 0. The van der Waals surface area contributed by atoms with E-state index in [0.29, 0.717) is 12.1 Å². The van der Waals surface area contributed by atoms with Gasteiger partial charge in [-0.3, -0.25) is 0 Å². The summed E-state index contributed by atoms with van der Waals surface area (Å²) in [5.41, 5.74) is 2.88. The van der Waals surface area contributed by atoms with Gasteiger partial charge in [-0.15, -0.1) is 0 Å². The summed E-state index contributed by atoms with van der Waals surface area (Å²) < 4.78 is 0. The highest BCUT2D eigenvalue weighted by molar-refractivity contribution is 5.25. The molecule has 1 heteroatoms. The van der Waals surface area contributed by atoms with Crippen LogP contribution in [0.1, 0.15) is 50.8 Å². The number of benzene rings is 1. The van der Waals surface area contributed by atoms with Crippen molar-refractivity contribution in [2.45, 2.75) is 52.1 Å². The molecular weight excluding hydrogens is 242 g/mol. The number of hydrogen-bond donors (Lipinski definition) is 1.